The van der Waals surface area contributed by atoms with Crippen LogP contribution in [0.4, 0.5) is 5.69 Å². The third-order valence-electron chi connectivity index (χ3n) is 4.25. The van der Waals surface area contributed by atoms with Crippen molar-refractivity contribution in [1.82, 2.24) is 0 Å². The summed E-state index contributed by atoms with van der Waals surface area (Å²) in [7, 11) is 4.61. The molecule has 0 heterocycles. The van der Waals surface area contributed by atoms with E-state index in [4.69, 9.17) is 18.9 Å². The minimum atomic E-state index is -0.174. The van der Waals surface area contributed by atoms with Crippen LogP contribution in [0.2, 0.25) is 0 Å². The highest BCUT2D eigenvalue weighted by atomic mass is 16.5. The molecule has 0 bridgehead atoms. The Labute approximate surface area is 170 Å². The van der Waals surface area contributed by atoms with Gasteiger partial charge in [0.25, 0.3) is 0 Å². The van der Waals surface area contributed by atoms with Crippen LogP contribution in [0.15, 0.2) is 66.7 Å². The van der Waals surface area contributed by atoms with E-state index in [0.717, 1.165) is 5.75 Å². The Kier molecular flexibility index (Phi) is 6.58. The van der Waals surface area contributed by atoms with Gasteiger partial charge in [0.05, 0.1) is 27.8 Å². The van der Waals surface area contributed by atoms with Crippen LogP contribution in [-0.4, -0.2) is 27.2 Å². The smallest absolute Gasteiger partial charge is 0.228 e. The Morgan fingerprint density at radius 1 is 0.759 bits per heavy atom. The lowest BCUT2D eigenvalue weighted by atomic mass is 10.1. The van der Waals surface area contributed by atoms with Crippen molar-refractivity contribution in [2.75, 3.05) is 26.6 Å². The van der Waals surface area contributed by atoms with E-state index < -0.39 is 0 Å². The van der Waals surface area contributed by atoms with Crippen LogP contribution < -0.4 is 24.3 Å². The third-order valence-corrected chi connectivity index (χ3v) is 4.25. The fourth-order valence-electron chi connectivity index (χ4n) is 2.91. The van der Waals surface area contributed by atoms with E-state index in [1.807, 2.05) is 30.3 Å². The summed E-state index contributed by atoms with van der Waals surface area (Å²) in [5.74, 6) is 2.76. The lowest BCUT2D eigenvalue weighted by Crippen LogP contribution is -2.15. The molecular weight excluding hydrogens is 370 g/mol. The van der Waals surface area contributed by atoms with Gasteiger partial charge in [-0.05, 0) is 42.5 Å². The molecule has 0 spiro atoms. The Bertz CT molecular complexity index is 955. The van der Waals surface area contributed by atoms with Gasteiger partial charge in [0.15, 0.2) is 11.5 Å². The largest absolute Gasteiger partial charge is 0.493 e. The van der Waals surface area contributed by atoms with Gasteiger partial charge in [0.2, 0.25) is 11.7 Å². The molecule has 0 fully saturated rings. The molecule has 3 rings (SSSR count). The van der Waals surface area contributed by atoms with E-state index in [0.29, 0.717) is 34.2 Å². The zero-order valence-electron chi connectivity index (χ0n) is 16.6. The second-order valence-electron chi connectivity index (χ2n) is 6.16. The van der Waals surface area contributed by atoms with Crippen molar-refractivity contribution in [3.8, 4) is 28.7 Å². The highest BCUT2D eigenvalue weighted by Crippen LogP contribution is 2.40. The second-order valence-corrected chi connectivity index (χ2v) is 6.16. The normalized spacial score (nSPS) is 10.2. The number of para-hydroxylation sites is 1. The first-order valence-corrected chi connectivity index (χ1v) is 9.05. The first kappa shape index (κ1) is 20.1. The molecule has 0 radical (unpaired) electrons. The Balaban J connectivity index is 1.66. The van der Waals surface area contributed by atoms with Crippen LogP contribution in [0.3, 0.4) is 0 Å². The molecule has 0 aliphatic rings. The lowest BCUT2D eigenvalue weighted by molar-refractivity contribution is -0.115. The summed E-state index contributed by atoms with van der Waals surface area (Å²) in [6.07, 6.45) is 0.131. The summed E-state index contributed by atoms with van der Waals surface area (Å²) < 4.78 is 21.8. The first-order valence-electron chi connectivity index (χ1n) is 9.05. The van der Waals surface area contributed by atoms with Gasteiger partial charge < -0.3 is 24.3 Å². The molecule has 6 heteroatoms. The minimum Gasteiger partial charge on any atom is -0.493 e. The second kappa shape index (κ2) is 9.50. The summed E-state index contributed by atoms with van der Waals surface area (Å²) in [5, 5.41) is 2.88. The Hall–Kier alpha value is -3.67. The van der Waals surface area contributed by atoms with Gasteiger partial charge in [-0.15, -0.1) is 0 Å². The maximum atomic E-state index is 12.5. The van der Waals surface area contributed by atoms with Gasteiger partial charge in [-0.3, -0.25) is 4.79 Å². The zero-order chi connectivity index (χ0) is 20.6. The fourth-order valence-corrected chi connectivity index (χ4v) is 2.91. The SMILES string of the molecule is COc1ccc(CC(=O)Nc2ccc(Oc3ccccc3)cc2)c(OC)c1OC. The van der Waals surface area contributed by atoms with Crippen molar-refractivity contribution in [2.45, 2.75) is 6.42 Å². The molecule has 150 valence electrons. The van der Waals surface area contributed by atoms with Crippen LogP contribution in [-0.2, 0) is 11.2 Å². The van der Waals surface area contributed by atoms with Crippen LogP contribution in [0.25, 0.3) is 0 Å². The molecule has 0 saturated carbocycles. The molecule has 0 aliphatic carbocycles. The van der Waals surface area contributed by atoms with Gasteiger partial charge in [0.1, 0.15) is 11.5 Å². The van der Waals surface area contributed by atoms with Crippen molar-refractivity contribution in [3.05, 3.63) is 72.3 Å². The molecule has 0 aliphatic heterocycles. The van der Waals surface area contributed by atoms with Crippen molar-refractivity contribution >= 4 is 11.6 Å². The summed E-state index contributed by atoms with van der Waals surface area (Å²) in [6.45, 7) is 0. The van der Waals surface area contributed by atoms with Crippen LogP contribution in [0, 0.1) is 0 Å². The summed E-state index contributed by atoms with van der Waals surface area (Å²) in [5.41, 5.74) is 1.38. The maximum absolute atomic E-state index is 12.5. The third kappa shape index (κ3) is 4.99. The van der Waals surface area contributed by atoms with Gasteiger partial charge in [-0.25, -0.2) is 0 Å². The standard InChI is InChI=1S/C23H23NO5/c1-26-20-14-9-16(22(27-2)23(20)28-3)15-21(25)24-17-10-12-19(13-11-17)29-18-7-5-4-6-8-18/h4-14H,15H2,1-3H3,(H,24,25). The van der Waals surface area contributed by atoms with Crippen LogP contribution >= 0.6 is 0 Å². The maximum Gasteiger partial charge on any atom is 0.228 e. The number of rotatable bonds is 8. The van der Waals surface area contributed by atoms with Crippen molar-refractivity contribution in [1.29, 1.82) is 0 Å². The quantitative estimate of drug-likeness (QED) is 0.602. The lowest BCUT2D eigenvalue weighted by Gasteiger charge is -2.15. The molecule has 3 aromatic rings. The van der Waals surface area contributed by atoms with Gasteiger partial charge in [-0.2, -0.15) is 0 Å². The fraction of sp³-hybridized carbons (Fsp3) is 0.174. The number of anilines is 1. The average molecular weight is 393 g/mol. The summed E-state index contributed by atoms with van der Waals surface area (Å²) in [4.78, 5) is 12.5. The monoisotopic (exact) mass is 393 g/mol. The average Bonchev–Trinajstić information content (AvgIpc) is 2.75. The number of carbonyl (C=O) groups excluding carboxylic acids is 1. The minimum absolute atomic E-state index is 0.131. The van der Waals surface area contributed by atoms with Gasteiger partial charge in [0, 0.05) is 11.3 Å². The molecule has 3 aromatic carbocycles. The number of hydrogen-bond donors (Lipinski definition) is 1. The van der Waals surface area contributed by atoms with E-state index in [2.05, 4.69) is 5.32 Å². The highest BCUT2D eigenvalue weighted by Gasteiger charge is 2.18. The van der Waals surface area contributed by atoms with Gasteiger partial charge >= 0.3 is 0 Å². The number of amides is 1. The predicted molar refractivity (Wildman–Crippen MR) is 111 cm³/mol. The van der Waals surface area contributed by atoms with E-state index in [-0.39, 0.29) is 12.3 Å². The molecule has 29 heavy (non-hydrogen) atoms. The van der Waals surface area contributed by atoms with Gasteiger partial charge in [-0.1, -0.05) is 24.3 Å². The molecule has 1 N–H and O–H groups in total. The summed E-state index contributed by atoms with van der Waals surface area (Å²) >= 11 is 0. The number of hydrogen-bond acceptors (Lipinski definition) is 5. The van der Waals surface area contributed by atoms with E-state index in [9.17, 15) is 4.79 Å². The number of benzene rings is 3. The topological polar surface area (TPSA) is 66.0 Å². The summed E-state index contributed by atoms with van der Waals surface area (Å²) in [6, 6.07) is 20.2. The van der Waals surface area contributed by atoms with E-state index >= 15 is 0 Å². The number of ether oxygens (including phenoxy) is 4. The Morgan fingerprint density at radius 2 is 1.41 bits per heavy atom. The molecular formula is C23H23NO5. The number of methoxy groups -OCH3 is 3. The number of carbonyl (C=O) groups is 1. The van der Waals surface area contributed by atoms with Crippen LogP contribution in [0.5, 0.6) is 28.7 Å². The Morgan fingerprint density at radius 3 is 2.03 bits per heavy atom. The van der Waals surface area contributed by atoms with Crippen molar-refractivity contribution in [3.63, 3.8) is 0 Å². The van der Waals surface area contributed by atoms with Crippen molar-refractivity contribution in [2.24, 2.45) is 0 Å². The van der Waals surface area contributed by atoms with E-state index in [1.54, 1.807) is 43.5 Å². The molecule has 0 saturated heterocycles. The van der Waals surface area contributed by atoms with Crippen molar-refractivity contribution < 1.29 is 23.7 Å². The molecule has 0 unspecified atom stereocenters. The molecule has 0 aromatic heterocycles. The van der Waals surface area contributed by atoms with Crippen LogP contribution in [0.1, 0.15) is 5.56 Å². The highest BCUT2D eigenvalue weighted by molar-refractivity contribution is 5.93. The zero-order valence-corrected chi connectivity index (χ0v) is 16.6. The predicted octanol–water partition coefficient (Wildman–Crippen LogP) is 4.69. The first-order chi connectivity index (χ1) is 14.1. The molecule has 6 nitrogen and oxygen atoms in total. The molecule has 0 atom stereocenters. The molecule has 1 amide bonds. The van der Waals surface area contributed by atoms with E-state index in [1.165, 1.54) is 14.2 Å². The number of nitrogens with one attached hydrogen (secondary N) is 1.